The predicted octanol–water partition coefficient (Wildman–Crippen LogP) is 2.15. The predicted molar refractivity (Wildman–Crippen MR) is 85.4 cm³/mol. The number of para-hydroxylation sites is 1. The van der Waals surface area contributed by atoms with Crippen molar-refractivity contribution < 1.29 is 9.84 Å². The molecule has 0 aliphatic carbocycles. The molecule has 1 aromatic carbocycles. The minimum Gasteiger partial charge on any atom is -0.493 e. The Morgan fingerprint density at radius 3 is 2.90 bits per heavy atom. The van der Waals surface area contributed by atoms with Crippen molar-refractivity contribution in [3.8, 4) is 5.75 Å². The summed E-state index contributed by atoms with van der Waals surface area (Å²) in [6, 6.07) is 7.95. The molecule has 1 heterocycles. The van der Waals surface area contributed by atoms with Crippen LogP contribution in [0.1, 0.15) is 38.2 Å². The first-order valence-corrected chi connectivity index (χ1v) is 7.96. The van der Waals surface area contributed by atoms with E-state index in [0.717, 1.165) is 56.6 Å². The first-order chi connectivity index (χ1) is 10.1. The molecule has 1 fully saturated rings. The van der Waals surface area contributed by atoms with Crippen molar-refractivity contribution >= 4 is 0 Å². The normalized spacial score (nSPS) is 23.8. The third kappa shape index (κ3) is 5.30. The van der Waals surface area contributed by atoms with E-state index in [-0.39, 0.29) is 0 Å². The average molecular weight is 292 g/mol. The average Bonchev–Trinajstić information content (AvgIpc) is 2.65. The van der Waals surface area contributed by atoms with Gasteiger partial charge in [0, 0.05) is 25.2 Å². The Kier molecular flexibility index (Phi) is 6.03. The molecule has 0 bridgehead atoms. The summed E-state index contributed by atoms with van der Waals surface area (Å²) in [4.78, 5) is 2.43. The summed E-state index contributed by atoms with van der Waals surface area (Å²) in [6.45, 7) is 6.26. The fourth-order valence-electron chi connectivity index (χ4n) is 2.83. The van der Waals surface area contributed by atoms with E-state index in [1.54, 1.807) is 0 Å². The lowest BCUT2D eigenvalue weighted by molar-refractivity contribution is 0.0445. The molecule has 2 rings (SSSR count). The first kappa shape index (κ1) is 16.3. The summed E-state index contributed by atoms with van der Waals surface area (Å²) >= 11 is 0. The van der Waals surface area contributed by atoms with E-state index in [0.29, 0.717) is 13.2 Å². The molecule has 0 radical (unpaired) electrons. The van der Waals surface area contributed by atoms with Crippen LogP contribution in [-0.2, 0) is 6.54 Å². The van der Waals surface area contributed by atoms with E-state index in [4.69, 9.17) is 10.5 Å². The van der Waals surface area contributed by atoms with E-state index in [9.17, 15) is 5.11 Å². The molecular formula is C17H28N2O2. The van der Waals surface area contributed by atoms with Crippen molar-refractivity contribution in [2.45, 2.75) is 44.8 Å². The third-order valence-corrected chi connectivity index (χ3v) is 4.23. The molecular weight excluding hydrogens is 264 g/mol. The number of likely N-dealkylation sites (tertiary alicyclic amines) is 1. The minimum atomic E-state index is -0.481. The van der Waals surface area contributed by atoms with Crippen LogP contribution in [0, 0.1) is 0 Å². The highest BCUT2D eigenvalue weighted by Gasteiger charge is 2.24. The summed E-state index contributed by atoms with van der Waals surface area (Å²) in [6.07, 6.45) is 3.85. The van der Waals surface area contributed by atoms with Gasteiger partial charge in [-0.2, -0.15) is 0 Å². The molecule has 1 aliphatic rings. The van der Waals surface area contributed by atoms with Gasteiger partial charge in [0.05, 0.1) is 12.2 Å². The van der Waals surface area contributed by atoms with Gasteiger partial charge in [-0.3, -0.25) is 0 Å². The van der Waals surface area contributed by atoms with Crippen LogP contribution in [0.15, 0.2) is 24.3 Å². The Morgan fingerprint density at radius 2 is 2.10 bits per heavy atom. The van der Waals surface area contributed by atoms with Gasteiger partial charge in [-0.1, -0.05) is 18.2 Å². The van der Waals surface area contributed by atoms with Gasteiger partial charge < -0.3 is 20.5 Å². The molecule has 1 aromatic rings. The fourth-order valence-corrected chi connectivity index (χ4v) is 2.83. The highest BCUT2D eigenvalue weighted by molar-refractivity contribution is 5.32. The van der Waals surface area contributed by atoms with Gasteiger partial charge >= 0.3 is 0 Å². The lowest BCUT2D eigenvalue weighted by atomic mass is 9.98. The third-order valence-electron chi connectivity index (χ3n) is 4.23. The Bertz CT molecular complexity index is 435. The molecule has 4 nitrogen and oxygen atoms in total. The molecule has 21 heavy (non-hydrogen) atoms. The molecule has 0 amide bonds. The quantitative estimate of drug-likeness (QED) is 0.789. The van der Waals surface area contributed by atoms with Crippen molar-refractivity contribution in [2.75, 3.05) is 26.2 Å². The minimum absolute atomic E-state index is 0.481. The second-order valence-electron chi connectivity index (χ2n) is 6.21. The van der Waals surface area contributed by atoms with Crippen LogP contribution in [0.2, 0.25) is 0 Å². The zero-order valence-electron chi connectivity index (χ0n) is 13.1. The van der Waals surface area contributed by atoms with Gasteiger partial charge in [-0.05, 0) is 45.2 Å². The summed E-state index contributed by atoms with van der Waals surface area (Å²) in [5.74, 6) is 0.902. The lowest BCUT2D eigenvalue weighted by Crippen LogP contribution is -2.29. The van der Waals surface area contributed by atoms with Crippen LogP contribution in [0.3, 0.4) is 0 Å². The number of benzene rings is 1. The van der Waals surface area contributed by atoms with E-state index < -0.39 is 5.60 Å². The van der Waals surface area contributed by atoms with Crippen LogP contribution < -0.4 is 10.5 Å². The van der Waals surface area contributed by atoms with Gasteiger partial charge in [0.1, 0.15) is 5.75 Å². The highest BCUT2D eigenvalue weighted by Crippen LogP contribution is 2.21. The van der Waals surface area contributed by atoms with Crippen molar-refractivity contribution in [1.29, 1.82) is 0 Å². The fraction of sp³-hybridized carbons (Fsp3) is 0.647. The van der Waals surface area contributed by atoms with Gasteiger partial charge in [0.2, 0.25) is 0 Å². The zero-order chi connectivity index (χ0) is 15.1. The summed E-state index contributed by atoms with van der Waals surface area (Å²) in [7, 11) is 0. The van der Waals surface area contributed by atoms with Crippen LogP contribution in [0.4, 0.5) is 0 Å². The maximum Gasteiger partial charge on any atom is 0.123 e. The van der Waals surface area contributed by atoms with E-state index in [2.05, 4.69) is 4.90 Å². The van der Waals surface area contributed by atoms with Gasteiger partial charge in [-0.15, -0.1) is 0 Å². The van der Waals surface area contributed by atoms with Gasteiger partial charge in [0.25, 0.3) is 0 Å². The van der Waals surface area contributed by atoms with E-state index in [1.165, 1.54) is 0 Å². The molecule has 1 atom stereocenters. The number of hydrogen-bond donors (Lipinski definition) is 2. The Morgan fingerprint density at radius 1 is 1.29 bits per heavy atom. The first-order valence-electron chi connectivity index (χ1n) is 7.96. The van der Waals surface area contributed by atoms with Crippen LogP contribution >= 0.6 is 0 Å². The lowest BCUT2D eigenvalue weighted by Gasteiger charge is -2.22. The molecule has 0 aromatic heterocycles. The molecule has 1 saturated heterocycles. The van der Waals surface area contributed by atoms with E-state index in [1.807, 2.05) is 31.2 Å². The molecule has 0 saturated carbocycles. The monoisotopic (exact) mass is 292 g/mol. The highest BCUT2D eigenvalue weighted by atomic mass is 16.5. The van der Waals surface area contributed by atoms with Crippen molar-refractivity contribution in [1.82, 2.24) is 4.90 Å². The topological polar surface area (TPSA) is 58.7 Å². The maximum atomic E-state index is 10.1. The molecule has 3 N–H and O–H groups in total. The zero-order valence-corrected chi connectivity index (χ0v) is 13.1. The van der Waals surface area contributed by atoms with Crippen molar-refractivity contribution in [3.05, 3.63) is 29.8 Å². The summed E-state index contributed by atoms with van der Waals surface area (Å²) in [5.41, 5.74) is 6.28. The molecule has 1 aliphatic heterocycles. The number of aliphatic hydroxyl groups is 1. The largest absolute Gasteiger partial charge is 0.493 e. The Hall–Kier alpha value is -1.10. The number of nitrogens with zero attached hydrogens (tertiary/aromatic N) is 1. The molecule has 118 valence electrons. The second kappa shape index (κ2) is 7.78. The molecule has 0 spiro atoms. The van der Waals surface area contributed by atoms with Gasteiger partial charge in [0.15, 0.2) is 0 Å². The smallest absolute Gasteiger partial charge is 0.123 e. The van der Waals surface area contributed by atoms with Crippen LogP contribution in [0.25, 0.3) is 0 Å². The Labute approximate surface area is 127 Å². The van der Waals surface area contributed by atoms with Crippen molar-refractivity contribution in [3.63, 3.8) is 0 Å². The maximum absolute atomic E-state index is 10.1. The standard InChI is InChI=1S/C17H28N2O2/c1-17(20)8-4-10-19(12-9-17)11-5-13-21-16-7-3-2-6-15(16)14-18/h2-3,6-7,20H,4-5,8-14,18H2,1H3. The molecule has 4 heteroatoms. The number of nitrogens with two attached hydrogens (primary N) is 1. The number of hydrogen-bond acceptors (Lipinski definition) is 4. The summed E-state index contributed by atoms with van der Waals surface area (Å²) < 4.78 is 5.84. The molecule has 1 unspecified atom stereocenters. The summed E-state index contributed by atoms with van der Waals surface area (Å²) in [5, 5.41) is 10.1. The Balaban J connectivity index is 1.70. The van der Waals surface area contributed by atoms with Crippen molar-refractivity contribution in [2.24, 2.45) is 5.73 Å². The number of rotatable bonds is 6. The van der Waals surface area contributed by atoms with Crippen LogP contribution in [0.5, 0.6) is 5.75 Å². The SMILES string of the molecule is CC1(O)CCCN(CCCOc2ccccc2CN)CC1. The second-order valence-corrected chi connectivity index (χ2v) is 6.21. The number of ether oxygens (including phenoxy) is 1. The van der Waals surface area contributed by atoms with Crippen LogP contribution in [-0.4, -0.2) is 41.8 Å². The van der Waals surface area contributed by atoms with E-state index >= 15 is 0 Å². The van der Waals surface area contributed by atoms with Gasteiger partial charge in [-0.25, -0.2) is 0 Å².